The highest BCUT2D eigenvalue weighted by Crippen LogP contribution is 2.20. The molecule has 0 amide bonds. The van der Waals surface area contributed by atoms with Crippen LogP contribution in [0.3, 0.4) is 0 Å². The summed E-state index contributed by atoms with van der Waals surface area (Å²) in [5.41, 5.74) is 6.78. The van der Waals surface area contributed by atoms with Gasteiger partial charge < -0.3 is 15.2 Å². The number of hydrogen-bond acceptors (Lipinski definition) is 8. The Morgan fingerprint density at radius 3 is 2.81 bits per heavy atom. The molecule has 0 aliphatic rings. The number of ether oxygens (including phenoxy) is 2. The summed E-state index contributed by atoms with van der Waals surface area (Å²) in [6, 6.07) is -0.761. The van der Waals surface area contributed by atoms with Gasteiger partial charge in [0.1, 0.15) is 19.0 Å². The van der Waals surface area contributed by atoms with Crippen molar-refractivity contribution in [3.8, 4) is 0 Å². The van der Waals surface area contributed by atoms with Crippen molar-refractivity contribution < 1.29 is 23.2 Å². The Bertz CT molecular complexity index is 802. The van der Waals surface area contributed by atoms with Crippen LogP contribution in [0.4, 0.5) is 10.3 Å². The number of nitrogens with zero attached hydrogens (tertiary/aromatic N) is 4. The number of anilines is 1. The molecule has 2 rings (SSSR count). The molecule has 3 atom stereocenters. The largest absolute Gasteiger partial charge is 0.462 e. The SMILES string of the molecule is CC(C)OC(=O)[C@H](C)N[P+](=O)CO[C@H](CF)Cc1cnn2c(N)ncnc12. The number of aromatic nitrogens is 4. The van der Waals surface area contributed by atoms with Crippen molar-refractivity contribution in [3.63, 3.8) is 0 Å². The number of alkyl halides is 1. The lowest BCUT2D eigenvalue weighted by Crippen LogP contribution is -2.33. The third-order valence-corrected chi connectivity index (χ3v) is 4.55. The molecule has 0 saturated carbocycles. The van der Waals surface area contributed by atoms with Crippen molar-refractivity contribution in [2.24, 2.45) is 0 Å². The summed E-state index contributed by atoms with van der Waals surface area (Å²) in [5, 5.41) is 6.64. The zero-order chi connectivity index (χ0) is 20.0. The molecule has 0 aliphatic carbocycles. The summed E-state index contributed by atoms with van der Waals surface area (Å²) >= 11 is 0. The van der Waals surface area contributed by atoms with Crippen molar-refractivity contribution in [3.05, 3.63) is 18.1 Å². The van der Waals surface area contributed by atoms with Gasteiger partial charge in [-0.2, -0.15) is 9.61 Å². The van der Waals surface area contributed by atoms with Gasteiger partial charge >= 0.3 is 13.9 Å². The molecule has 0 aromatic carbocycles. The average molecular weight is 401 g/mol. The number of nitrogens with one attached hydrogen (secondary N) is 1. The van der Waals surface area contributed by atoms with Gasteiger partial charge in [-0.3, -0.25) is 4.79 Å². The van der Waals surface area contributed by atoms with Crippen LogP contribution in [0.1, 0.15) is 26.3 Å². The van der Waals surface area contributed by atoms with Crippen LogP contribution < -0.4 is 10.8 Å². The Labute approximate surface area is 156 Å². The molecule has 0 fully saturated rings. The van der Waals surface area contributed by atoms with Gasteiger partial charge in [0.05, 0.1) is 18.4 Å². The molecule has 12 heteroatoms. The predicted molar refractivity (Wildman–Crippen MR) is 96.0 cm³/mol. The minimum atomic E-state index is -2.07. The van der Waals surface area contributed by atoms with E-state index in [-0.39, 0.29) is 24.8 Å². The van der Waals surface area contributed by atoms with Gasteiger partial charge in [0, 0.05) is 12.0 Å². The third-order valence-electron chi connectivity index (χ3n) is 3.49. The highest BCUT2D eigenvalue weighted by molar-refractivity contribution is 7.42. The monoisotopic (exact) mass is 401 g/mol. The third kappa shape index (κ3) is 5.88. The fraction of sp³-hybridized carbons (Fsp3) is 0.600. The number of rotatable bonds is 10. The van der Waals surface area contributed by atoms with Crippen LogP contribution >= 0.6 is 7.95 Å². The molecular weight excluding hydrogens is 378 g/mol. The Morgan fingerprint density at radius 2 is 2.15 bits per heavy atom. The van der Waals surface area contributed by atoms with Crippen molar-refractivity contribution >= 4 is 25.5 Å². The van der Waals surface area contributed by atoms with Crippen molar-refractivity contribution in [2.75, 3.05) is 18.8 Å². The first-order chi connectivity index (χ1) is 12.8. The number of nitrogen functional groups attached to an aromatic ring is 1. The van der Waals surface area contributed by atoms with Crippen LogP contribution in [0, 0.1) is 0 Å². The minimum absolute atomic E-state index is 0.165. The number of halogens is 1. The summed E-state index contributed by atoms with van der Waals surface area (Å²) < 4.78 is 37.1. The lowest BCUT2D eigenvalue weighted by atomic mass is 10.1. The molecule has 0 bridgehead atoms. The van der Waals surface area contributed by atoms with Gasteiger partial charge in [0.15, 0.2) is 5.65 Å². The number of nitrogens with two attached hydrogens (primary N) is 1. The molecule has 0 aliphatic heterocycles. The van der Waals surface area contributed by atoms with Gasteiger partial charge in [-0.25, -0.2) is 14.4 Å². The first-order valence-electron chi connectivity index (χ1n) is 8.33. The van der Waals surface area contributed by atoms with E-state index in [4.69, 9.17) is 15.2 Å². The Morgan fingerprint density at radius 1 is 1.41 bits per heavy atom. The van der Waals surface area contributed by atoms with Crippen LogP contribution in [0.25, 0.3) is 5.65 Å². The first-order valence-corrected chi connectivity index (χ1v) is 9.78. The molecular formula is C15H23FN6O4P+. The van der Waals surface area contributed by atoms with Crippen LogP contribution in [0.15, 0.2) is 12.5 Å². The summed E-state index contributed by atoms with van der Waals surface area (Å²) in [6.45, 7) is 4.19. The smallest absolute Gasteiger partial charge is 0.461 e. The first kappa shape index (κ1) is 21.1. The maximum absolute atomic E-state index is 13.3. The number of carbonyl (C=O) groups excluding carboxylic acids is 1. The molecule has 0 radical (unpaired) electrons. The van der Waals surface area contributed by atoms with Crippen LogP contribution in [0.2, 0.25) is 0 Å². The van der Waals surface area contributed by atoms with E-state index in [2.05, 4.69) is 20.2 Å². The Hall–Kier alpha value is -2.23. The van der Waals surface area contributed by atoms with Crippen molar-refractivity contribution in [2.45, 2.75) is 45.4 Å². The summed E-state index contributed by atoms with van der Waals surface area (Å²) in [6.07, 6.45) is 1.61. The van der Waals surface area contributed by atoms with Crippen molar-refractivity contribution in [1.29, 1.82) is 0 Å². The standard InChI is InChI=1S/C15H23FN6O4P/c1-9(2)26-14(23)10(3)21-27(24)8-25-12(5-16)4-11-6-20-22-13(11)18-7-19-15(22)17/h6-7,9-10,12H,4-5,8H2,1-3H3,(H,21,24)(H2,17,18,19)/q+1/t10-,12-/m0/s1. The topological polar surface area (TPSA) is 134 Å². The number of esters is 1. The van der Waals surface area contributed by atoms with E-state index in [1.165, 1.54) is 24.0 Å². The molecule has 2 aromatic heterocycles. The molecule has 2 heterocycles. The van der Waals surface area contributed by atoms with Gasteiger partial charge in [-0.1, -0.05) is 5.09 Å². The van der Waals surface area contributed by atoms with E-state index in [9.17, 15) is 13.8 Å². The van der Waals surface area contributed by atoms with E-state index >= 15 is 0 Å². The molecule has 3 N–H and O–H groups in total. The zero-order valence-corrected chi connectivity index (χ0v) is 16.2. The lowest BCUT2D eigenvalue weighted by Gasteiger charge is -2.12. The van der Waals surface area contributed by atoms with E-state index in [1.807, 2.05) is 0 Å². The predicted octanol–water partition coefficient (Wildman–Crippen LogP) is 1.23. The average Bonchev–Trinajstić information content (AvgIpc) is 3.02. The highest BCUT2D eigenvalue weighted by Gasteiger charge is 2.27. The van der Waals surface area contributed by atoms with Crippen LogP contribution in [0.5, 0.6) is 0 Å². The number of fused-ring (bicyclic) bond motifs is 1. The zero-order valence-electron chi connectivity index (χ0n) is 15.3. The van der Waals surface area contributed by atoms with Crippen molar-refractivity contribution in [1.82, 2.24) is 24.7 Å². The van der Waals surface area contributed by atoms with E-state index in [0.29, 0.717) is 11.2 Å². The van der Waals surface area contributed by atoms with E-state index in [0.717, 1.165) is 0 Å². The molecule has 10 nitrogen and oxygen atoms in total. The van der Waals surface area contributed by atoms with Crippen LogP contribution in [-0.4, -0.2) is 56.8 Å². The summed E-state index contributed by atoms with van der Waals surface area (Å²) in [5.74, 6) is -0.350. The fourth-order valence-corrected chi connectivity index (χ4v) is 3.20. The van der Waals surface area contributed by atoms with Gasteiger partial charge in [0.2, 0.25) is 5.95 Å². The molecule has 148 valence electrons. The second-order valence-electron chi connectivity index (χ2n) is 6.13. The van der Waals surface area contributed by atoms with Gasteiger partial charge in [0.25, 0.3) is 6.35 Å². The summed E-state index contributed by atoms with van der Waals surface area (Å²) in [7, 11) is -2.07. The lowest BCUT2D eigenvalue weighted by molar-refractivity contribution is -0.148. The maximum Gasteiger partial charge on any atom is 0.461 e. The molecule has 27 heavy (non-hydrogen) atoms. The second-order valence-corrected chi connectivity index (χ2v) is 7.40. The minimum Gasteiger partial charge on any atom is -0.462 e. The molecule has 0 saturated heterocycles. The van der Waals surface area contributed by atoms with Crippen LogP contribution in [-0.2, 0) is 25.3 Å². The quantitative estimate of drug-likeness (QED) is 0.445. The number of carbonyl (C=O) groups is 1. The van der Waals surface area contributed by atoms with Gasteiger partial charge in [-0.15, -0.1) is 0 Å². The molecule has 1 unspecified atom stereocenters. The molecule has 0 spiro atoms. The molecule has 2 aromatic rings. The second kappa shape index (κ2) is 9.63. The Kier molecular flexibility index (Phi) is 7.52. The highest BCUT2D eigenvalue weighted by atomic mass is 31.1. The normalized spacial score (nSPS) is 14.3. The van der Waals surface area contributed by atoms with E-state index < -0.39 is 32.7 Å². The van der Waals surface area contributed by atoms with E-state index in [1.54, 1.807) is 13.8 Å². The maximum atomic E-state index is 13.3. The number of hydrogen-bond donors (Lipinski definition) is 2. The Balaban J connectivity index is 1.88. The summed E-state index contributed by atoms with van der Waals surface area (Å²) in [4.78, 5) is 19.6. The fourth-order valence-electron chi connectivity index (χ4n) is 2.24. The van der Waals surface area contributed by atoms with Gasteiger partial charge in [-0.05, 0) is 25.3 Å².